The summed E-state index contributed by atoms with van der Waals surface area (Å²) in [5, 5.41) is 11.9. The lowest BCUT2D eigenvalue weighted by molar-refractivity contribution is -0.133. The fraction of sp³-hybridized carbons (Fsp3) is 0.227. The van der Waals surface area contributed by atoms with Crippen LogP contribution >= 0.6 is 11.6 Å². The maximum absolute atomic E-state index is 12.6. The number of hydrogen-bond acceptors (Lipinski definition) is 5. The van der Waals surface area contributed by atoms with Crippen molar-refractivity contribution in [2.75, 3.05) is 14.2 Å². The first-order valence-corrected chi connectivity index (χ1v) is 9.20. The summed E-state index contributed by atoms with van der Waals surface area (Å²) in [6.07, 6.45) is 1.04. The zero-order chi connectivity index (χ0) is 20.3. The number of aromatic hydroxyl groups is 1. The maximum Gasteiger partial charge on any atom is 0.315 e. The molecule has 28 heavy (non-hydrogen) atoms. The van der Waals surface area contributed by atoms with Crippen molar-refractivity contribution in [2.24, 2.45) is 0 Å². The standard InChI is InChI=1S/C22H21ClO5/c1-4-13-5-7-14(8-6-13)11-18(24)28-20-16-10-9-15(23)12-17(16)19(25)21(26-2)22(20)27-3/h5-10,12,25H,4,11H2,1-3H3. The van der Waals surface area contributed by atoms with E-state index in [2.05, 4.69) is 6.92 Å². The molecule has 0 spiro atoms. The molecule has 0 fully saturated rings. The Morgan fingerprint density at radius 3 is 2.18 bits per heavy atom. The van der Waals surface area contributed by atoms with Gasteiger partial charge in [0.05, 0.1) is 20.6 Å². The van der Waals surface area contributed by atoms with Crippen LogP contribution in [-0.4, -0.2) is 25.3 Å². The third kappa shape index (κ3) is 3.85. The second kappa shape index (κ2) is 8.40. The van der Waals surface area contributed by atoms with Gasteiger partial charge in [-0.3, -0.25) is 4.79 Å². The Balaban J connectivity index is 2.00. The Hall–Kier alpha value is -2.92. The van der Waals surface area contributed by atoms with Gasteiger partial charge >= 0.3 is 5.97 Å². The molecule has 0 aliphatic rings. The molecule has 5 nitrogen and oxygen atoms in total. The van der Waals surface area contributed by atoms with Crippen molar-refractivity contribution >= 4 is 28.3 Å². The predicted molar refractivity (Wildman–Crippen MR) is 109 cm³/mol. The minimum Gasteiger partial charge on any atom is -0.504 e. The molecule has 6 heteroatoms. The van der Waals surface area contributed by atoms with Crippen LogP contribution in [0.1, 0.15) is 18.1 Å². The minimum atomic E-state index is -0.452. The van der Waals surface area contributed by atoms with Gasteiger partial charge < -0.3 is 19.3 Å². The molecule has 0 aliphatic heterocycles. The van der Waals surface area contributed by atoms with Gasteiger partial charge in [-0.25, -0.2) is 0 Å². The fourth-order valence-corrected chi connectivity index (χ4v) is 3.22. The van der Waals surface area contributed by atoms with E-state index in [1.807, 2.05) is 24.3 Å². The molecule has 1 N–H and O–H groups in total. The van der Waals surface area contributed by atoms with E-state index < -0.39 is 5.97 Å². The molecule has 3 aromatic carbocycles. The normalized spacial score (nSPS) is 10.7. The van der Waals surface area contributed by atoms with E-state index in [-0.39, 0.29) is 29.4 Å². The Morgan fingerprint density at radius 2 is 1.57 bits per heavy atom. The van der Waals surface area contributed by atoms with Crippen LogP contribution in [0.2, 0.25) is 5.02 Å². The number of methoxy groups -OCH3 is 2. The van der Waals surface area contributed by atoms with Crippen molar-refractivity contribution in [3.05, 3.63) is 58.6 Å². The second-order valence-corrected chi connectivity index (χ2v) is 6.69. The largest absolute Gasteiger partial charge is 0.504 e. The first-order valence-electron chi connectivity index (χ1n) is 8.83. The number of phenolic OH excluding ortho intramolecular Hbond substituents is 1. The van der Waals surface area contributed by atoms with E-state index in [1.54, 1.807) is 18.2 Å². The number of hydrogen-bond donors (Lipinski definition) is 1. The lowest BCUT2D eigenvalue weighted by atomic mass is 10.1. The third-order valence-corrected chi connectivity index (χ3v) is 4.75. The van der Waals surface area contributed by atoms with Crippen LogP contribution in [0.4, 0.5) is 0 Å². The number of carbonyl (C=O) groups excluding carboxylic acids is 1. The van der Waals surface area contributed by atoms with Gasteiger partial charge in [0.25, 0.3) is 0 Å². The van der Waals surface area contributed by atoms with Gasteiger partial charge in [0, 0.05) is 15.8 Å². The molecule has 0 heterocycles. The minimum absolute atomic E-state index is 0.0763. The van der Waals surface area contributed by atoms with Crippen molar-refractivity contribution in [2.45, 2.75) is 19.8 Å². The van der Waals surface area contributed by atoms with Crippen LogP contribution < -0.4 is 14.2 Å². The zero-order valence-corrected chi connectivity index (χ0v) is 16.7. The number of benzene rings is 3. The number of halogens is 1. The van der Waals surface area contributed by atoms with Gasteiger partial charge in [0.1, 0.15) is 0 Å². The predicted octanol–water partition coefficient (Wildman–Crippen LogP) is 4.93. The number of rotatable bonds is 6. The van der Waals surface area contributed by atoms with Crippen LogP contribution in [0, 0.1) is 0 Å². The van der Waals surface area contributed by atoms with Gasteiger partial charge in [-0.2, -0.15) is 0 Å². The van der Waals surface area contributed by atoms with Crippen molar-refractivity contribution in [1.82, 2.24) is 0 Å². The van der Waals surface area contributed by atoms with E-state index in [4.69, 9.17) is 25.8 Å². The summed E-state index contributed by atoms with van der Waals surface area (Å²) in [7, 11) is 2.81. The molecule has 0 radical (unpaired) electrons. The lowest BCUT2D eigenvalue weighted by Crippen LogP contribution is -2.12. The van der Waals surface area contributed by atoms with Crippen LogP contribution in [0.25, 0.3) is 10.8 Å². The second-order valence-electron chi connectivity index (χ2n) is 6.26. The average Bonchev–Trinajstić information content (AvgIpc) is 2.70. The number of fused-ring (bicyclic) bond motifs is 1. The van der Waals surface area contributed by atoms with Crippen molar-refractivity contribution < 1.29 is 24.1 Å². The number of aryl methyl sites for hydroxylation is 1. The summed E-state index contributed by atoms with van der Waals surface area (Å²) in [5.41, 5.74) is 2.05. The summed E-state index contributed by atoms with van der Waals surface area (Å²) in [6, 6.07) is 12.7. The van der Waals surface area contributed by atoms with E-state index in [0.29, 0.717) is 15.8 Å². The highest BCUT2D eigenvalue weighted by molar-refractivity contribution is 6.31. The van der Waals surface area contributed by atoms with Crippen molar-refractivity contribution in [1.29, 1.82) is 0 Å². The fourth-order valence-electron chi connectivity index (χ4n) is 3.05. The maximum atomic E-state index is 12.6. The van der Waals surface area contributed by atoms with Crippen LogP contribution in [0.3, 0.4) is 0 Å². The van der Waals surface area contributed by atoms with Crippen molar-refractivity contribution in [3.63, 3.8) is 0 Å². The summed E-state index contributed by atoms with van der Waals surface area (Å²) in [6.45, 7) is 2.07. The highest BCUT2D eigenvalue weighted by Crippen LogP contribution is 2.50. The molecule has 0 aliphatic carbocycles. The number of phenols is 1. The van der Waals surface area contributed by atoms with Gasteiger partial charge in [-0.1, -0.05) is 42.8 Å². The smallest absolute Gasteiger partial charge is 0.315 e. The zero-order valence-electron chi connectivity index (χ0n) is 15.9. The summed E-state index contributed by atoms with van der Waals surface area (Å²) < 4.78 is 16.3. The Kier molecular flexibility index (Phi) is 5.95. The molecule has 0 unspecified atom stereocenters. The Bertz CT molecular complexity index is 1010. The summed E-state index contributed by atoms with van der Waals surface area (Å²) in [4.78, 5) is 12.6. The quantitative estimate of drug-likeness (QED) is 0.469. The van der Waals surface area contributed by atoms with Crippen LogP contribution in [0.15, 0.2) is 42.5 Å². The first-order chi connectivity index (χ1) is 13.5. The molecule has 0 saturated heterocycles. The summed E-state index contributed by atoms with van der Waals surface area (Å²) >= 11 is 6.06. The van der Waals surface area contributed by atoms with Crippen LogP contribution in [-0.2, 0) is 17.6 Å². The Labute approximate surface area is 168 Å². The van der Waals surface area contributed by atoms with E-state index >= 15 is 0 Å². The first kappa shape index (κ1) is 19.8. The molecule has 0 amide bonds. The third-order valence-electron chi connectivity index (χ3n) is 4.51. The van der Waals surface area contributed by atoms with Crippen LogP contribution in [0.5, 0.6) is 23.0 Å². The SMILES string of the molecule is CCc1ccc(CC(=O)Oc2c(OC)c(OC)c(O)c3cc(Cl)ccc23)cc1. The Morgan fingerprint density at radius 1 is 0.929 bits per heavy atom. The van der Waals surface area contributed by atoms with E-state index in [9.17, 15) is 9.90 Å². The number of esters is 1. The summed E-state index contributed by atoms with van der Waals surface area (Å²) in [5.74, 6) is -0.186. The van der Waals surface area contributed by atoms with E-state index in [1.165, 1.54) is 19.8 Å². The molecule has 0 saturated carbocycles. The topological polar surface area (TPSA) is 65.0 Å². The van der Waals surface area contributed by atoms with Gasteiger partial charge in [-0.15, -0.1) is 0 Å². The monoisotopic (exact) mass is 400 g/mol. The van der Waals surface area contributed by atoms with Gasteiger partial charge in [0.2, 0.25) is 11.5 Å². The number of ether oxygens (including phenoxy) is 3. The molecular formula is C22H21ClO5. The molecule has 0 bridgehead atoms. The van der Waals surface area contributed by atoms with Crippen molar-refractivity contribution in [3.8, 4) is 23.0 Å². The molecular weight excluding hydrogens is 380 g/mol. The van der Waals surface area contributed by atoms with Gasteiger partial charge in [-0.05, 0) is 35.7 Å². The molecule has 146 valence electrons. The highest BCUT2D eigenvalue weighted by atomic mass is 35.5. The number of carbonyl (C=O) groups is 1. The lowest BCUT2D eigenvalue weighted by Gasteiger charge is -2.17. The van der Waals surface area contributed by atoms with Gasteiger partial charge in [0.15, 0.2) is 11.5 Å². The average molecular weight is 401 g/mol. The molecule has 3 rings (SSSR count). The molecule has 3 aromatic rings. The molecule has 0 atom stereocenters. The molecule has 0 aromatic heterocycles. The highest BCUT2D eigenvalue weighted by Gasteiger charge is 2.24. The van der Waals surface area contributed by atoms with E-state index in [0.717, 1.165) is 12.0 Å².